The lowest BCUT2D eigenvalue weighted by Gasteiger charge is -1.70. The molecule has 0 saturated heterocycles. The van der Waals surface area contributed by atoms with Crippen LogP contribution in [0.2, 0.25) is 0 Å². The second-order valence-corrected chi connectivity index (χ2v) is 1.33. The first-order valence-corrected chi connectivity index (χ1v) is 2.96. The summed E-state index contributed by atoms with van der Waals surface area (Å²) in [5, 5.41) is 0. The van der Waals surface area contributed by atoms with Gasteiger partial charge in [-0.25, -0.2) is 0 Å². The predicted molar refractivity (Wildman–Crippen MR) is 37.0 cm³/mol. The van der Waals surface area contributed by atoms with Crippen molar-refractivity contribution in [2.45, 2.75) is 20.8 Å². The van der Waals surface area contributed by atoms with E-state index < -0.39 is 0 Å². The van der Waals surface area contributed by atoms with Gasteiger partial charge in [0.15, 0.2) is 0 Å². The zero-order chi connectivity index (χ0) is 7.28. The maximum atomic E-state index is 5.10. The van der Waals surface area contributed by atoms with Crippen LogP contribution in [0.5, 0.6) is 0 Å². The molecule has 1 heterocycles. The Morgan fingerprint density at radius 3 is 2.22 bits per heavy atom. The Morgan fingerprint density at radius 2 is 2.11 bits per heavy atom. The third kappa shape index (κ3) is 2.74. The number of nitrogen functional groups attached to an aromatic ring is 1. The fraction of sp³-hybridized carbons (Fsp3) is 0.500. The molecule has 0 amide bonds. The van der Waals surface area contributed by atoms with E-state index in [9.17, 15) is 0 Å². The van der Waals surface area contributed by atoms with E-state index in [1.54, 1.807) is 0 Å². The van der Waals surface area contributed by atoms with Crippen molar-refractivity contribution >= 4 is 6.01 Å². The molecule has 0 aromatic carbocycles. The van der Waals surface area contributed by atoms with Crippen LogP contribution in [-0.4, -0.2) is 4.98 Å². The lowest BCUT2D eigenvalue weighted by molar-refractivity contribution is 0.579. The molecule has 0 unspecified atom stereocenters. The summed E-state index contributed by atoms with van der Waals surface area (Å²) >= 11 is 0. The molecule has 0 atom stereocenters. The number of hydrogen-bond donors (Lipinski definition) is 1. The first kappa shape index (κ1) is 8.01. The van der Waals surface area contributed by atoms with Crippen LogP contribution < -0.4 is 5.73 Å². The molecule has 1 aromatic heterocycles. The molecule has 0 aliphatic heterocycles. The van der Waals surface area contributed by atoms with Crippen LogP contribution in [0, 0.1) is 6.92 Å². The zero-order valence-electron chi connectivity index (χ0n) is 6.01. The van der Waals surface area contributed by atoms with E-state index in [0.717, 1.165) is 5.69 Å². The number of aromatic nitrogens is 1. The van der Waals surface area contributed by atoms with Crippen molar-refractivity contribution in [1.29, 1.82) is 0 Å². The number of hydrogen-bond acceptors (Lipinski definition) is 3. The summed E-state index contributed by atoms with van der Waals surface area (Å²) in [7, 11) is 0. The standard InChI is InChI=1S/C4H6N2O.C2H6/c1-3-2-7-4(5)6-3;1-2/h2H,1H3,(H2,5,6);1-2H3. The zero-order valence-corrected chi connectivity index (χ0v) is 6.01. The van der Waals surface area contributed by atoms with Crippen LogP contribution >= 0.6 is 0 Å². The van der Waals surface area contributed by atoms with Gasteiger partial charge in [0.1, 0.15) is 6.26 Å². The molecule has 1 aromatic rings. The highest BCUT2D eigenvalue weighted by Gasteiger charge is 1.88. The van der Waals surface area contributed by atoms with Crippen LogP contribution in [0.15, 0.2) is 10.7 Å². The summed E-state index contributed by atoms with van der Waals surface area (Å²) < 4.78 is 4.63. The lowest BCUT2D eigenvalue weighted by Crippen LogP contribution is -1.81. The highest BCUT2D eigenvalue weighted by atomic mass is 16.4. The number of nitrogens with zero attached hydrogens (tertiary/aromatic N) is 1. The number of anilines is 1. The topological polar surface area (TPSA) is 52.0 Å². The summed E-state index contributed by atoms with van der Waals surface area (Å²) in [6.07, 6.45) is 1.51. The Kier molecular flexibility index (Phi) is 3.51. The van der Waals surface area contributed by atoms with Gasteiger partial charge in [-0.15, -0.1) is 0 Å². The van der Waals surface area contributed by atoms with E-state index in [2.05, 4.69) is 9.40 Å². The van der Waals surface area contributed by atoms with Crippen LogP contribution in [0.3, 0.4) is 0 Å². The first-order valence-electron chi connectivity index (χ1n) is 2.96. The molecular formula is C6H12N2O. The van der Waals surface area contributed by atoms with Gasteiger partial charge in [-0.2, -0.15) is 4.98 Å². The Hall–Kier alpha value is -0.990. The lowest BCUT2D eigenvalue weighted by atomic mass is 10.6. The fourth-order valence-electron chi connectivity index (χ4n) is 0.372. The van der Waals surface area contributed by atoms with Crippen LogP contribution in [0.25, 0.3) is 0 Å². The molecule has 1 rings (SSSR count). The number of aryl methyl sites for hydroxylation is 1. The summed E-state index contributed by atoms with van der Waals surface area (Å²) in [5.41, 5.74) is 5.92. The number of rotatable bonds is 0. The molecule has 0 bridgehead atoms. The van der Waals surface area contributed by atoms with Gasteiger partial charge in [0, 0.05) is 0 Å². The molecule has 52 valence electrons. The van der Waals surface area contributed by atoms with Gasteiger partial charge >= 0.3 is 0 Å². The van der Waals surface area contributed by atoms with Crippen molar-refractivity contribution in [2.75, 3.05) is 5.73 Å². The third-order valence-electron chi connectivity index (χ3n) is 0.637. The molecule has 0 aliphatic rings. The van der Waals surface area contributed by atoms with Crippen molar-refractivity contribution in [1.82, 2.24) is 4.98 Å². The maximum Gasteiger partial charge on any atom is 0.292 e. The summed E-state index contributed by atoms with van der Waals surface area (Å²) in [6, 6.07) is 0.234. The Bertz CT molecular complexity index is 143. The number of nitrogens with two attached hydrogens (primary N) is 1. The molecule has 3 heteroatoms. The monoisotopic (exact) mass is 128 g/mol. The van der Waals surface area contributed by atoms with Crippen molar-refractivity contribution < 1.29 is 4.42 Å². The summed E-state index contributed by atoms with van der Waals surface area (Å²) in [5.74, 6) is 0. The van der Waals surface area contributed by atoms with Gasteiger partial charge in [-0.3, -0.25) is 0 Å². The second kappa shape index (κ2) is 3.95. The van der Waals surface area contributed by atoms with Gasteiger partial charge < -0.3 is 10.2 Å². The first-order chi connectivity index (χ1) is 4.29. The summed E-state index contributed by atoms with van der Waals surface area (Å²) in [4.78, 5) is 3.72. The number of oxazole rings is 1. The molecule has 9 heavy (non-hydrogen) atoms. The van der Waals surface area contributed by atoms with E-state index in [1.807, 2.05) is 20.8 Å². The normalized spacial score (nSPS) is 7.89. The molecule has 2 N–H and O–H groups in total. The molecule has 0 radical (unpaired) electrons. The minimum Gasteiger partial charge on any atom is -0.432 e. The van der Waals surface area contributed by atoms with Gasteiger partial charge in [0.2, 0.25) is 0 Å². The average molecular weight is 128 g/mol. The van der Waals surface area contributed by atoms with E-state index >= 15 is 0 Å². The molecular weight excluding hydrogens is 116 g/mol. The van der Waals surface area contributed by atoms with E-state index in [1.165, 1.54) is 6.26 Å². The highest BCUT2D eigenvalue weighted by Crippen LogP contribution is 1.98. The summed E-state index contributed by atoms with van der Waals surface area (Å²) in [6.45, 7) is 5.82. The minimum atomic E-state index is 0.234. The quantitative estimate of drug-likeness (QED) is 0.577. The van der Waals surface area contributed by atoms with E-state index in [4.69, 9.17) is 5.73 Å². The molecule has 0 saturated carbocycles. The van der Waals surface area contributed by atoms with Crippen LogP contribution in [-0.2, 0) is 0 Å². The van der Waals surface area contributed by atoms with Crippen molar-refractivity contribution in [2.24, 2.45) is 0 Å². The Morgan fingerprint density at radius 1 is 1.56 bits per heavy atom. The average Bonchev–Trinajstić information content (AvgIpc) is 2.20. The van der Waals surface area contributed by atoms with Gasteiger partial charge in [0.25, 0.3) is 6.01 Å². The van der Waals surface area contributed by atoms with Gasteiger partial charge in [-0.1, -0.05) is 13.8 Å². The minimum absolute atomic E-state index is 0.234. The Labute approximate surface area is 54.9 Å². The third-order valence-corrected chi connectivity index (χ3v) is 0.637. The van der Waals surface area contributed by atoms with Gasteiger partial charge in [0.05, 0.1) is 5.69 Å². The fourth-order valence-corrected chi connectivity index (χ4v) is 0.372. The smallest absolute Gasteiger partial charge is 0.292 e. The highest BCUT2D eigenvalue weighted by molar-refractivity contribution is 5.10. The SMILES string of the molecule is CC.Cc1coc(N)n1. The molecule has 3 nitrogen and oxygen atoms in total. The van der Waals surface area contributed by atoms with Gasteiger partial charge in [-0.05, 0) is 6.92 Å². The Balaban J connectivity index is 0.000000291. The molecule has 0 fully saturated rings. The maximum absolute atomic E-state index is 5.10. The second-order valence-electron chi connectivity index (χ2n) is 1.33. The van der Waals surface area contributed by atoms with Crippen LogP contribution in [0.1, 0.15) is 19.5 Å². The van der Waals surface area contributed by atoms with Crippen molar-refractivity contribution in [3.63, 3.8) is 0 Å². The predicted octanol–water partition coefficient (Wildman–Crippen LogP) is 1.59. The van der Waals surface area contributed by atoms with Crippen molar-refractivity contribution in [3.05, 3.63) is 12.0 Å². The van der Waals surface area contributed by atoms with E-state index in [0.29, 0.717) is 0 Å². The molecule has 0 aliphatic carbocycles. The molecule has 0 spiro atoms. The van der Waals surface area contributed by atoms with E-state index in [-0.39, 0.29) is 6.01 Å². The van der Waals surface area contributed by atoms with Crippen molar-refractivity contribution in [3.8, 4) is 0 Å². The van der Waals surface area contributed by atoms with Crippen LogP contribution in [0.4, 0.5) is 6.01 Å². The largest absolute Gasteiger partial charge is 0.432 e.